The molecule has 4 heteroatoms. The van der Waals surface area contributed by atoms with Crippen molar-refractivity contribution in [2.45, 2.75) is 62.9 Å². The third kappa shape index (κ3) is 2.36. The molecule has 0 amide bonds. The number of hydrazone groups is 1. The Morgan fingerprint density at radius 1 is 1.05 bits per heavy atom. The third-order valence-corrected chi connectivity index (χ3v) is 6.23. The molecule has 1 N–H and O–H groups in total. The topological polar surface area (TPSA) is 27.6 Å². The van der Waals surface area contributed by atoms with Crippen LogP contribution in [-0.2, 0) is 5.41 Å². The van der Waals surface area contributed by atoms with Crippen molar-refractivity contribution < 1.29 is 0 Å². The zero-order valence-electron chi connectivity index (χ0n) is 13.0. The zero-order chi connectivity index (χ0) is 15.0. The standard InChI is InChI=1S/C18H24BrN3/c19-15-9-7-14(8-10-15)18(11-5-12-18)17-21-20-16-6-3-1-2-4-13-22(16)17/h7-10,17,21H,1-6,11-13H2. The molecule has 1 atom stereocenters. The molecule has 22 heavy (non-hydrogen) atoms. The van der Waals surface area contributed by atoms with Gasteiger partial charge in [0.05, 0.1) is 0 Å². The van der Waals surface area contributed by atoms with Crippen LogP contribution in [0, 0.1) is 0 Å². The first-order chi connectivity index (χ1) is 10.8. The number of amidine groups is 1. The molecular formula is C18H24BrN3. The number of fused-ring (bicyclic) bond motifs is 1. The fraction of sp³-hybridized carbons (Fsp3) is 0.611. The second-order valence-electron chi connectivity index (χ2n) is 6.93. The molecule has 0 bridgehead atoms. The van der Waals surface area contributed by atoms with Gasteiger partial charge in [-0.05, 0) is 43.4 Å². The van der Waals surface area contributed by atoms with E-state index in [-0.39, 0.29) is 5.41 Å². The van der Waals surface area contributed by atoms with E-state index in [1.54, 1.807) is 0 Å². The molecule has 2 fully saturated rings. The maximum atomic E-state index is 4.72. The predicted octanol–water partition coefficient (Wildman–Crippen LogP) is 4.38. The number of nitrogens with one attached hydrogen (secondary N) is 1. The van der Waals surface area contributed by atoms with Crippen molar-refractivity contribution in [1.29, 1.82) is 0 Å². The van der Waals surface area contributed by atoms with Gasteiger partial charge in [0.25, 0.3) is 0 Å². The van der Waals surface area contributed by atoms with Crippen LogP contribution in [0.2, 0.25) is 0 Å². The third-order valence-electron chi connectivity index (χ3n) is 5.70. The molecule has 1 unspecified atom stereocenters. The zero-order valence-corrected chi connectivity index (χ0v) is 14.6. The average Bonchev–Trinajstić information content (AvgIpc) is 2.82. The van der Waals surface area contributed by atoms with Crippen LogP contribution in [0.25, 0.3) is 0 Å². The Balaban J connectivity index is 1.63. The van der Waals surface area contributed by atoms with Crippen LogP contribution in [0.1, 0.15) is 56.9 Å². The molecule has 1 saturated heterocycles. The summed E-state index contributed by atoms with van der Waals surface area (Å²) in [4.78, 5) is 2.58. The Labute approximate surface area is 141 Å². The second kappa shape index (κ2) is 5.88. The minimum absolute atomic E-state index is 0.241. The fourth-order valence-corrected chi connectivity index (χ4v) is 4.54. The lowest BCUT2D eigenvalue weighted by Crippen LogP contribution is -2.58. The Hall–Kier alpha value is -1.03. The molecular weight excluding hydrogens is 338 g/mol. The molecule has 118 valence electrons. The van der Waals surface area contributed by atoms with E-state index in [9.17, 15) is 0 Å². The molecule has 2 heterocycles. The van der Waals surface area contributed by atoms with Crippen LogP contribution in [0.3, 0.4) is 0 Å². The Kier molecular flexibility index (Phi) is 3.89. The summed E-state index contributed by atoms with van der Waals surface area (Å²) < 4.78 is 1.16. The quantitative estimate of drug-likeness (QED) is 0.846. The van der Waals surface area contributed by atoms with Gasteiger partial charge in [0, 0.05) is 22.9 Å². The molecule has 1 aromatic carbocycles. The number of nitrogens with zero attached hydrogens (tertiary/aromatic N) is 2. The van der Waals surface area contributed by atoms with Gasteiger partial charge in [-0.25, -0.2) is 0 Å². The summed E-state index contributed by atoms with van der Waals surface area (Å²) in [5.74, 6) is 1.30. The van der Waals surface area contributed by atoms with Gasteiger partial charge in [0.15, 0.2) is 0 Å². The van der Waals surface area contributed by atoms with Gasteiger partial charge >= 0.3 is 0 Å². The maximum absolute atomic E-state index is 4.72. The van der Waals surface area contributed by atoms with Crippen LogP contribution < -0.4 is 5.43 Å². The highest BCUT2D eigenvalue weighted by Crippen LogP contribution is 2.48. The van der Waals surface area contributed by atoms with Crippen LogP contribution in [0.4, 0.5) is 0 Å². The van der Waals surface area contributed by atoms with E-state index in [4.69, 9.17) is 5.10 Å². The molecule has 1 saturated carbocycles. The highest BCUT2D eigenvalue weighted by Gasteiger charge is 2.50. The van der Waals surface area contributed by atoms with Crippen molar-refractivity contribution in [2.75, 3.05) is 6.54 Å². The second-order valence-corrected chi connectivity index (χ2v) is 7.85. The van der Waals surface area contributed by atoms with E-state index >= 15 is 0 Å². The van der Waals surface area contributed by atoms with Crippen LogP contribution in [0.5, 0.6) is 0 Å². The van der Waals surface area contributed by atoms with E-state index in [1.807, 2.05) is 0 Å². The molecule has 2 aliphatic heterocycles. The minimum atomic E-state index is 0.241. The summed E-state index contributed by atoms with van der Waals surface area (Å²) in [6.45, 7) is 1.16. The van der Waals surface area contributed by atoms with Gasteiger partial charge in [0.1, 0.15) is 12.0 Å². The van der Waals surface area contributed by atoms with Crippen molar-refractivity contribution in [3.63, 3.8) is 0 Å². The number of rotatable bonds is 2. The number of halogens is 1. The number of benzene rings is 1. The van der Waals surface area contributed by atoms with Gasteiger partial charge in [-0.2, -0.15) is 5.10 Å². The van der Waals surface area contributed by atoms with Crippen molar-refractivity contribution in [3.8, 4) is 0 Å². The monoisotopic (exact) mass is 361 g/mol. The van der Waals surface area contributed by atoms with Crippen molar-refractivity contribution in [1.82, 2.24) is 10.3 Å². The molecule has 0 aromatic heterocycles. The normalized spacial score (nSPS) is 27.0. The Bertz CT molecular complexity index is 562. The first-order valence-electron chi connectivity index (χ1n) is 8.64. The number of hydrogen-bond donors (Lipinski definition) is 1. The lowest BCUT2D eigenvalue weighted by atomic mass is 9.62. The van der Waals surface area contributed by atoms with Crippen molar-refractivity contribution in [3.05, 3.63) is 34.3 Å². The molecule has 0 radical (unpaired) electrons. The molecule has 1 aliphatic carbocycles. The summed E-state index contributed by atoms with van der Waals surface area (Å²) in [5.41, 5.74) is 5.22. The van der Waals surface area contributed by atoms with Crippen LogP contribution in [0.15, 0.2) is 33.8 Å². The highest BCUT2D eigenvalue weighted by molar-refractivity contribution is 9.10. The van der Waals surface area contributed by atoms with Gasteiger partial charge in [-0.1, -0.05) is 47.3 Å². The number of hydrogen-bond acceptors (Lipinski definition) is 3. The first-order valence-corrected chi connectivity index (χ1v) is 9.44. The predicted molar refractivity (Wildman–Crippen MR) is 93.8 cm³/mol. The highest BCUT2D eigenvalue weighted by atomic mass is 79.9. The Morgan fingerprint density at radius 3 is 2.55 bits per heavy atom. The van der Waals surface area contributed by atoms with Gasteiger partial charge < -0.3 is 4.90 Å². The summed E-state index contributed by atoms with van der Waals surface area (Å²) in [5, 5.41) is 4.72. The molecule has 1 aromatic rings. The van der Waals surface area contributed by atoms with Crippen LogP contribution in [-0.4, -0.2) is 23.4 Å². The van der Waals surface area contributed by atoms with E-state index in [0.717, 1.165) is 17.4 Å². The summed E-state index contributed by atoms with van der Waals surface area (Å²) in [6, 6.07) is 8.96. The van der Waals surface area contributed by atoms with E-state index in [0.29, 0.717) is 6.17 Å². The molecule has 3 aliphatic rings. The summed E-state index contributed by atoms with van der Waals surface area (Å²) in [7, 11) is 0. The van der Waals surface area contributed by atoms with Gasteiger partial charge in [0.2, 0.25) is 0 Å². The smallest absolute Gasteiger partial charge is 0.126 e. The lowest BCUT2D eigenvalue weighted by molar-refractivity contribution is 0.0945. The largest absolute Gasteiger partial charge is 0.336 e. The average molecular weight is 362 g/mol. The van der Waals surface area contributed by atoms with Crippen LogP contribution >= 0.6 is 15.9 Å². The van der Waals surface area contributed by atoms with E-state index in [1.165, 1.54) is 56.3 Å². The summed E-state index contributed by atoms with van der Waals surface area (Å²) >= 11 is 3.56. The molecule has 0 spiro atoms. The van der Waals surface area contributed by atoms with Gasteiger partial charge in [-0.3, -0.25) is 5.43 Å². The first kappa shape index (κ1) is 14.6. The minimum Gasteiger partial charge on any atom is -0.336 e. The van der Waals surface area contributed by atoms with Crippen molar-refractivity contribution >= 4 is 21.8 Å². The fourth-order valence-electron chi connectivity index (χ4n) is 4.28. The Morgan fingerprint density at radius 2 is 1.82 bits per heavy atom. The SMILES string of the molecule is Brc1ccc(C2(C3NN=C4CCCCCCN43)CCC2)cc1. The lowest BCUT2D eigenvalue weighted by Gasteiger charge is -2.50. The van der Waals surface area contributed by atoms with Gasteiger partial charge in [-0.15, -0.1) is 0 Å². The van der Waals surface area contributed by atoms with Crippen molar-refractivity contribution in [2.24, 2.45) is 5.10 Å². The van der Waals surface area contributed by atoms with E-state index in [2.05, 4.69) is 50.5 Å². The molecule has 3 nitrogen and oxygen atoms in total. The van der Waals surface area contributed by atoms with E-state index < -0.39 is 0 Å². The summed E-state index contributed by atoms with van der Waals surface area (Å²) in [6.07, 6.45) is 10.7. The maximum Gasteiger partial charge on any atom is 0.126 e. The molecule has 4 rings (SSSR count).